The van der Waals surface area contributed by atoms with Crippen molar-refractivity contribution >= 4 is 47.8 Å². The van der Waals surface area contributed by atoms with Crippen LogP contribution in [-0.4, -0.2) is 157 Å². The summed E-state index contributed by atoms with van der Waals surface area (Å²) in [7, 11) is 9.49. The molecule has 0 N–H and O–H groups in total. The van der Waals surface area contributed by atoms with Crippen molar-refractivity contribution in [2.75, 3.05) is 110 Å². The smallest absolute Gasteiger partial charge is 0.343 e. The number of esters is 8. The van der Waals surface area contributed by atoms with Crippen molar-refractivity contribution in [3.05, 3.63) is 237 Å². The summed E-state index contributed by atoms with van der Waals surface area (Å²) in [5.74, 6) is -11.2. The van der Waals surface area contributed by atoms with Gasteiger partial charge in [-0.25, -0.2) is 38.4 Å². The summed E-state index contributed by atoms with van der Waals surface area (Å²) in [6, 6.07) is 49.1. The van der Waals surface area contributed by atoms with Crippen molar-refractivity contribution in [2.45, 2.75) is 23.7 Å². The number of carbonyl (C=O) groups excluding carboxylic acids is 8. The molecular formula is C76H72O24. The Morgan fingerprint density at radius 3 is 0.460 bits per heavy atom. The van der Waals surface area contributed by atoms with Crippen molar-refractivity contribution in [2.24, 2.45) is 0 Å². The van der Waals surface area contributed by atoms with E-state index in [9.17, 15) is 38.4 Å². The Labute approximate surface area is 575 Å². The molecule has 0 amide bonds. The maximum Gasteiger partial charge on any atom is 0.343 e. The zero-order valence-corrected chi connectivity index (χ0v) is 55.9. The summed E-state index contributed by atoms with van der Waals surface area (Å²) in [6.45, 7) is -5.48. The van der Waals surface area contributed by atoms with Crippen LogP contribution in [-0.2, 0) is 76.3 Å². The average Bonchev–Trinajstić information content (AvgIpc) is 0.737. The van der Waals surface area contributed by atoms with Crippen molar-refractivity contribution in [3.8, 4) is 46.0 Å². The maximum absolute atomic E-state index is 13.5. The fraction of sp³-hybridized carbons (Fsp3) is 0.263. The minimum Gasteiger partial charge on any atom is -0.481 e. The highest BCUT2D eigenvalue weighted by atomic mass is 16.6. The van der Waals surface area contributed by atoms with Gasteiger partial charge in [-0.3, -0.25) is 0 Å². The van der Waals surface area contributed by atoms with Crippen LogP contribution >= 0.6 is 0 Å². The normalized spacial score (nSPS) is 14.2. The fourth-order valence-electron chi connectivity index (χ4n) is 11.4. The molecule has 1 aliphatic rings. The lowest BCUT2D eigenvalue weighted by Crippen LogP contribution is -2.21. The quantitative estimate of drug-likeness (QED) is 0.0326. The van der Waals surface area contributed by atoms with Gasteiger partial charge in [-0.2, -0.15) is 0 Å². The predicted molar refractivity (Wildman–Crippen MR) is 355 cm³/mol. The molecule has 24 nitrogen and oxygen atoms in total. The van der Waals surface area contributed by atoms with E-state index in [4.69, 9.17) is 75.8 Å². The summed E-state index contributed by atoms with van der Waals surface area (Å²) < 4.78 is 94.0. The third kappa shape index (κ3) is 17.5. The number of rotatable bonds is 28. The molecule has 24 heteroatoms. The molecule has 0 radical (unpaired) electrons. The molecule has 0 heterocycles. The van der Waals surface area contributed by atoms with Gasteiger partial charge in [0.1, 0.15) is 46.0 Å². The Kier molecular flexibility index (Phi) is 25.1. The van der Waals surface area contributed by atoms with Crippen LogP contribution in [0.15, 0.2) is 170 Å². The summed E-state index contributed by atoms with van der Waals surface area (Å²) in [4.78, 5) is 108. The van der Waals surface area contributed by atoms with Crippen LogP contribution in [0, 0.1) is 0 Å². The van der Waals surface area contributed by atoms with Crippen LogP contribution < -0.4 is 37.9 Å². The third-order valence-corrected chi connectivity index (χ3v) is 16.2. The van der Waals surface area contributed by atoms with Gasteiger partial charge in [-0.05, 0) is 46.5 Å². The van der Waals surface area contributed by atoms with Gasteiger partial charge in [-0.15, -0.1) is 0 Å². The van der Waals surface area contributed by atoms with Crippen molar-refractivity contribution in [1.29, 1.82) is 0 Å². The Balaban J connectivity index is 1.63. The average molecular weight is 1370 g/mol. The molecule has 520 valence electrons. The van der Waals surface area contributed by atoms with Crippen molar-refractivity contribution in [1.82, 2.24) is 0 Å². The maximum atomic E-state index is 13.5. The van der Waals surface area contributed by atoms with E-state index in [0.717, 1.165) is 0 Å². The monoisotopic (exact) mass is 1370 g/mol. The first-order valence-electron chi connectivity index (χ1n) is 31.0. The lowest BCUT2D eigenvalue weighted by atomic mass is 9.75. The first kappa shape index (κ1) is 72.2. The van der Waals surface area contributed by atoms with E-state index in [-0.39, 0.29) is 90.5 Å². The zero-order chi connectivity index (χ0) is 71.2. The third-order valence-electron chi connectivity index (χ3n) is 16.2. The molecule has 0 fully saturated rings. The Bertz CT molecular complexity index is 3500. The highest BCUT2D eigenvalue weighted by Gasteiger charge is 2.38. The lowest BCUT2D eigenvalue weighted by Gasteiger charge is -2.32. The fourth-order valence-corrected chi connectivity index (χ4v) is 11.4. The Morgan fingerprint density at radius 1 is 0.210 bits per heavy atom. The summed E-state index contributed by atoms with van der Waals surface area (Å²) >= 11 is 0. The number of ether oxygens (including phenoxy) is 16. The first-order chi connectivity index (χ1) is 48.5. The second-order valence-electron chi connectivity index (χ2n) is 22.0. The highest BCUT2D eigenvalue weighted by Crippen LogP contribution is 2.55. The van der Waals surface area contributed by atoms with E-state index in [2.05, 4.69) is 0 Å². The molecule has 0 spiro atoms. The van der Waals surface area contributed by atoms with Gasteiger partial charge in [0, 0.05) is 92.4 Å². The molecule has 0 saturated heterocycles. The predicted octanol–water partition coefficient (Wildman–Crippen LogP) is 9.14. The molecule has 0 aromatic heterocycles. The molecular weight excluding hydrogens is 1300 g/mol. The molecule has 0 unspecified atom stereocenters. The van der Waals surface area contributed by atoms with Gasteiger partial charge < -0.3 is 75.8 Å². The number of hydrogen-bond acceptors (Lipinski definition) is 24. The standard InChI is InChI=1S/C76H72O24/c1-85-65(77)37-93-57-33-58(94-38-66(78)86-2)50-29-49(57)73(45-21-13-9-14-22-45)51-30-52(60(96-40-68(80)88-4)34-59(51)95-39-67(79)87-3)75(47-25-17-11-18-26-47)55-32-56(64(100-44-72(84)92-8)36-63(55)99-43-71(83)91-7)76(48-27-19-12-20-28-48)54-31-53(74(50)46-23-15-10-16-24-46)61(97-41-69(81)89-5)35-62(54)98-42-70(82)90-6/h9-36,73-76H,37-44H2,1-8H3. The van der Waals surface area contributed by atoms with Gasteiger partial charge in [0.05, 0.1) is 56.9 Å². The summed E-state index contributed by atoms with van der Waals surface area (Å²) in [6.07, 6.45) is 0. The Morgan fingerprint density at radius 2 is 0.340 bits per heavy atom. The molecule has 8 bridgehead atoms. The lowest BCUT2D eigenvalue weighted by molar-refractivity contribution is -0.143. The molecule has 8 aromatic rings. The second-order valence-corrected chi connectivity index (χ2v) is 22.0. The van der Waals surface area contributed by atoms with Crippen LogP contribution in [0.5, 0.6) is 46.0 Å². The highest BCUT2D eigenvalue weighted by molar-refractivity contribution is 5.77. The summed E-state index contributed by atoms with van der Waals surface area (Å²) in [5, 5.41) is 0. The van der Waals surface area contributed by atoms with E-state index in [1.807, 2.05) is 48.5 Å². The minimum absolute atomic E-state index is 0.0221. The number of hydrogen-bond donors (Lipinski definition) is 0. The van der Waals surface area contributed by atoms with Gasteiger partial charge in [0.25, 0.3) is 0 Å². The van der Waals surface area contributed by atoms with Gasteiger partial charge in [0.2, 0.25) is 0 Å². The van der Waals surface area contributed by atoms with E-state index in [1.165, 1.54) is 81.1 Å². The van der Waals surface area contributed by atoms with Crippen LogP contribution in [0.25, 0.3) is 0 Å². The topological polar surface area (TPSA) is 284 Å². The molecule has 100 heavy (non-hydrogen) atoms. The summed E-state index contributed by atoms with van der Waals surface area (Å²) in [5.41, 5.74) is 4.28. The van der Waals surface area contributed by atoms with E-state index < -0.39 is 124 Å². The molecule has 8 aromatic carbocycles. The van der Waals surface area contributed by atoms with E-state index in [0.29, 0.717) is 22.3 Å². The number of fused-ring (bicyclic) bond motifs is 8. The molecule has 1 aliphatic carbocycles. The zero-order valence-electron chi connectivity index (χ0n) is 55.9. The second kappa shape index (κ2) is 34.7. The largest absolute Gasteiger partial charge is 0.481 e. The van der Waals surface area contributed by atoms with Crippen molar-refractivity contribution < 1.29 is 114 Å². The Hall–Kier alpha value is -12.1. The van der Waals surface area contributed by atoms with Gasteiger partial charge in [-0.1, -0.05) is 121 Å². The molecule has 0 aliphatic heterocycles. The van der Waals surface area contributed by atoms with Gasteiger partial charge >= 0.3 is 47.8 Å². The van der Waals surface area contributed by atoms with Crippen LogP contribution in [0.1, 0.15) is 90.4 Å². The van der Waals surface area contributed by atoms with Crippen molar-refractivity contribution in [3.63, 3.8) is 0 Å². The number of methoxy groups -OCH3 is 8. The van der Waals surface area contributed by atoms with Crippen LogP contribution in [0.3, 0.4) is 0 Å². The van der Waals surface area contributed by atoms with Crippen LogP contribution in [0.4, 0.5) is 0 Å². The molecule has 0 atom stereocenters. The van der Waals surface area contributed by atoms with E-state index in [1.54, 1.807) is 97.1 Å². The van der Waals surface area contributed by atoms with E-state index >= 15 is 0 Å². The molecule has 9 rings (SSSR count). The SMILES string of the molecule is COC(=O)COc1cc(OCC(=O)OC)c2cc1C(c1ccccc1)c1cc(c(OCC(=O)OC)cc1OCC(=O)OC)C(c1ccccc1)c1cc(c(OCC(=O)OC)cc1OCC(=O)OC)C(c1ccccc1)c1cc(c(OCC(=O)OC)cc1OCC(=O)OC)C2c1ccccc1. The van der Waals surface area contributed by atoms with Crippen LogP contribution in [0.2, 0.25) is 0 Å². The number of carbonyl (C=O) groups is 8. The minimum atomic E-state index is -1.16. The number of benzene rings is 8. The van der Waals surface area contributed by atoms with Gasteiger partial charge in [0.15, 0.2) is 52.9 Å². The first-order valence-corrected chi connectivity index (χ1v) is 31.0. The molecule has 0 saturated carbocycles.